The van der Waals surface area contributed by atoms with Gasteiger partial charge in [-0.3, -0.25) is 4.68 Å². The number of methoxy groups -OCH3 is 1. The first-order chi connectivity index (χ1) is 16.7. The van der Waals surface area contributed by atoms with Crippen LogP contribution in [0.3, 0.4) is 0 Å². The molecule has 4 aromatic rings. The molecule has 10 heteroatoms. The van der Waals surface area contributed by atoms with E-state index in [0.29, 0.717) is 40.8 Å². The minimum Gasteiger partial charge on any atom is -0.497 e. The Morgan fingerprint density at radius 3 is 2.51 bits per heavy atom. The van der Waals surface area contributed by atoms with Gasteiger partial charge in [0.1, 0.15) is 11.4 Å². The summed E-state index contributed by atoms with van der Waals surface area (Å²) in [6, 6.07) is 14.1. The zero-order valence-corrected chi connectivity index (χ0v) is 19.5. The third kappa shape index (κ3) is 5.96. The number of benzene rings is 2. The molecule has 1 N–H and O–H groups in total. The van der Waals surface area contributed by atoms with Gasteiger partial charge in [-0.15, -0.1) is 0 Å². The van der Waals surface area contributed by atoms with E-state index >= 15 is 0 Å². The highest BCUT2D eigenvalue weighted by molar-refractivity contribution is 5.79. The van der Waals surface area contributed by atoms with E-state index in [0.717, 1.165) is 24.4 Å². The van der Waals surface area contributed by atoms with E-state index in [4.69, 9.17) is 4.74 Å². The fourth-order valence-corrected chi connectivity index (χ4v) is 3.45. The SMILES string of the molecule is COc1cccc(Nc2nccc(-c3cn(CCN(C)C)nc3-c3ccc(C(F)(F)F)cc3)n2)c1. The quantitative estimate of drug-likeness (QED) is 0.366. The van der Waals surface area contributed by atoms with Crippen LogP contribution in [0, 0.1) is 0 Å². The Morgan fingerprint density at radius 1 is 1.06 bits per heavy atom. The molecule has 0 amide bonds. The Balaban J connectivity index is 1.70. The maximum Gasteiger partial charge on any atom is 0.416 e. The predicted octanol–water partition coefficient (Wildman–Crippen LogP) is 5.34. The van der Waals surface area contributed by atoms with Crippen LogP contribution in [0.25, 0.3) is 22.5 Å². The molecule has 2 heterocycles. The lowest BCUT2D eigenvalue weighted by Crippen LogP contribution is -2.18. The summed E-state index contributed by atoms with van der Waals surface area (Å²) >= 11 is 0. The molecule has 0 saturated carbocycles. The Hall–Kier alpha value is -3.92. The number of rotatable bonds is 8. The van der Waals surface area contributed by atoms with Crippen molar-refractivity contribution in [3.63, 3.8) is 0 Å². The second-order valence-corrected chi connectivity index (χ2v) is 8.16. The van der Waals surface area contributed by atoms with Gasteiger partial charge in [0.2, 0.25) is 5.95 Å². The molecule has 182 valence electrons. The van der Waals surface area contributed by atoms with Gasteiger partial charge in [-0.25, -0.2) is 9.97 Å². The number of nitrogens with one attached hydrogen (secondary N) is 1. The number of nitrogens with zero attached hydrogens (tertiary/aromatic N) is 5. The second kappa shape index (κ2) is 10.1. The van der Waals surface area contributed by atoms with Crippen molar-refractivity contribution in [1.82, 2.24) is 24.6 Å². The van der Waals surface area contributed by atoms with Crippen molar-refractivity contribution in [2.45, 2.75) is 12.7 Å². The fraction of sp³-hybridized carbons (Fsp3) is 0.240. The molecule has 7 nitrogen and oxygen atoms in total. The molecular weight excluding hydrogens is 457 g/mol. The standard InChI is InChI=1S/C25H25F3N6O/c1-33(2)13-14-34-16-21(23(32-34)17-7-9-18(10-8-17)25(26,27)28)22-11-12-29-24(31-22)30-19-5-4-6-20(15-19)35-3/h4-12,15-16H,13-14H2,1-3H3,(H,29,30,31). The molecule has 0 aliphatic heterocycles. The molecule has 35 heavy (non-hydrogen) atoms. The first-order valence-electron chi connectivity index (χ1n) is 10.9. The molecule has 0 aliphatic rings. The van der Waals surface area contributed by atoms with Crippen molar-refractivity contribution in [3.05, 3.63) is 72.6 Å². The Morgan fingerprint density at radius 2 is 1.83 bits per heavy atom. The number of hydrogen-bond acceptors (Lipinski definition) is 6. The average Bonchev–Trinajstić information content (AvgIpc) is 3.27. The van der Waals surface area contributed by atoms with Gasteiger partial charge in [0.05, 0.1) is 24.9 Å². The molecule has 0 unspecified atom stereocenters. The molecule has 4 rings (SSSR count). The minimum absolute atomic E-state index is 0.371. The van der Waals surface area contributed by atoms with Crippen LogP contribution in [0.4, 0.5) is 24.8 Å². The summed E-state index contributed by atoms with van der Waals surface area (Å²) in [7, 11) is 5.51. The van der Waals surface area contributed by atoms with Gasteiger partial charge in [-0.1, -0.05) is 18.2 Å². The van der Waals surface area contributed by atoms with Crippen LogP contribution in [-0.2, 0) is 12.7 Å². The zero-order chi connectivity index (χ0) is 25.0. The van der Waals surface area contributed by atoms with Gasteiger partial charge in [0.25, 0.3) is 0 Å². The van der Waals surface area contributed by atoms with Crippen LogP contribution in [0.5, 0.6) is 5.75 Å². The smallest absolute Gasteiger partial charge is 0.416 e. The van der Waals surface area contributed by atoms with Crippen LogP contribution in [0.15, 0.2) is 67.0 Å². The molecule has 0 saturated heterocycles. The largest absolute Gasteiger partial charge is 0.497 e. The number of likely N-dealkylation sites (N-methyl/N-ethyl adjacent to an activating group) is 1. The summed E-state index contributed by atoms with van der Waals surface area (Å²) in [5, 5.41) is 7.83. The van der Waals surface area contributed by atoms with Crippen LogP contribution in [0.1, 0.15) is 5.56 Å². The minimum atomic E-state index is -4.40. The molecular formula is C25H25F3N6O. The van der Waals surface area contributed by atoms with E-state index in [1.54, 1.807) is 24.1 Å². The van der Waals surface area contributed by atoms with Gasteiger partial charge in [0, 0.05) is 41.8 Å². The van der Waals surface area contributed by atoms with Crippen molar-refractivity contribution in [2.24, 2.45) is 0 Å². The van der Waals surface area contributed by atoms with E-state index in [-0.39, 0.29) is 0 Å². The third-order valence-corrected chi connectivity index (χ3v) is 5.28. The second-order valence-electron chi connectivity index (χ2n) is 8.16. The summed E-state index contributed by atoms with van der Waals surface area (Å²) in [6.45, 7) is 1.36. The average molecular weight is 483 g/mol. The van der Waals surface area contributed by atoms with Crippen molar-refractivity contribution >= 4 is 11.6 Å². The first kappa shape index (κ1) is 24.2. The summed E-state index contributed by atoms with van der Waals surface area (Å²) in [5.74, 6) is 1.06. The lowest BCUT2D eigenvalue weighted by atomic mass is 10.0. The predicted molar refractivity (Wildman–Crippen MR) is 129 cm³/mol. The Bertz CT molecular complexity index is 1290. The highest BCUT2D eigenvalue weighted by Gasteiger charge is 2.30. The molecule has 2 aromatic heterocycles. The monoisotopic (exact) mass is 482 g/mol. The highest BCUT2D eigenvalue weighted by atomic mass is 19.4. The number of hydrogen-bond donors (Lipinski definition) is 1. The van der Waals surface area contributed by atoms with Crippen molar-refractivity contribution in [3.8, 4) is 28.3 Å². The first-order valence-corrected chi connectivity index (χ1v) is 10.9. The molecule has 0 radical (unpaired) electrons. The van der Waals surface area contributed by atoms with Crippen LogP contribution >= 0.6 is 0 Å². The van der Waals surface area contributed by atoms with Gasteiger partial charge < -0.3 is 15.0 Å². The van der Waals surface area contributed by atoms with Gasteiger partial charge in [0.15, 0.2) is 0 Å². The summed E-state index contributed by atoms with van der Waals surface area (Å²) in [4.78, 5) is 11.0. The number of ether oxygens (including phenoxy) is 1. The van der Waals surface area contributed by atoms with E-state index in [1.807, 2.05) is 49.5 Å². The lowest BCUT2D eigenvalue weighted by Gasteiger charge is -2.09. The fourth-order valence-electron chi connectivity index (χ4n) is 3.45. The number of alkyl halides is 3. The molecule has 0 spiro atoms. The van der Waals surface area contributed by atoms with Crippen molar-refractivity contribution < 1.29 is 17.9 Å². The van der Waals surface area contributed by atoms with Crippen LogP contribution < -0.4 is 10.1 Å². The highest BCUT2D eigenvalue weighted by Crippen LogP contribution is 2.34. The summed E-state index contributed by atoms with van der Waals surface area (Å²) in [6.07, 6.45) is -0.924. The molecule has 0 bridgehead atoms. The maximum absolute atomic E-state index is 13.1. The third-order valence-electron chi connectivity index (χ3n) is 5.28. The lowest BCUT2D eigenvalue weighted by molar-refractivity contribution is -0.137. The van der Waals surface area contributed by atoms with Gasteiger partial charge in [-0.05, 0) is 44.4 Å². The number of anilines is 2. The van der Waals surface area contributed by atoms with Crippen molar-refractivity contribution in [1.29, 1.82) is 0 Å². The number of halogens is 3. The Kier molecular flexibility index (Phi) is 7.02. The zero-order valence-electron chi connectivity index (χ0n) is 19.5. The maximum atomic E-state index is 13.1. The van der Waals surface area contributed by atoms with Crippen LogP contribution in [-0.4, -0.2) is 52.4 Å². The van der Waals surface area contributed by atoms with E-state index in [2.05, 4.69) is 20.4 Å². The molecule has 0 fully saturated rings. The van der Waals surface area contributed by atoms with Crippen molar-refractivity contribution in [2.75, 3.05) is 33.1 Å². The van der Waals surface area contributed by atoms with Crippen LogP contribution in [0.2, 0.25) is 0 Å². The molecule has 0 atom stereocenters. The molecule has 2 aromatic carbocycles. The summed E-state index contributed by atoms with van der Waals surface area (Å²) in [5.41, 5.74) is 2.45. The Labute approximate surface area is 201 Å². The normalized spacial score (nSPS) is 11.6. The van der Waals surface area contributed by atoms with Gasteiger partial charge >= 0.3 is 6.18 Å². The van der Waals surface area contributed by atoms with E-state index < -0.39 is 11.7 Å². The summed E-state index contributed by atoms with van der Waals surface area (Å²) < 4.78 is 46.2. The van der Waals surface area contributed by atoms with Gasteiger partial charge in [-0.2, -0.15) is 18.3 Å². The van der Waals surface area contributed by atoms with E-state index in [1.165, 1.54) is 12.1 Å². The van der Waals surface area contributed by atoms with E-state index in [9.17, 15) is 13.2 Å². The topological polar surface area (TPSA) is 68.1 Å². The molecule has 0 aliphatic carbocycles. The number of aromatic nitrogens is 4.